The number of rotatable bonds is 14. The quantitative estimate of drug-likeness (QED) is 0.237. The Bertz CT molecular complexity index is 1500. The third-order valence-electron chi connectivity index (χ3n) is 6.73. The number of amides is 2. The van der Waals surface area contributed by atoms with E-state index in [9.17, 15) is 18.0 Å². The Morgan fingerprint density at radius 2 is 1.53 bits per heavy atom. The van der Waals surface area contributed by atoms with Gasteiger partial charge in [0.15, 0.2) is 11.5 Å². The molecule has 0 aliphatic carbocycles. The van der Waals surface area contributed by atoms with E-state index >= 15 is 0 Å². The zero-order chi connectivity index (χ0) is 31.7. The first kappa shape index (κ1) is 34.0. The molecule has 0 fully saturated rings. The summed E-state index contributed by atoms with van der Waals surface area (Å²) < 4.78 is 39.8. The van der Waals surface area contributed by atoms with E-state index in [0.29, 0.717) is 27.9 Å². The van der Waals surface area contributed by atoms with Crippen molar-refractivity contribution in [3.8, 4) is 11.5 Å². The number of halogens is 2. The lowest BCUT2D eigenvalue weighted by Crippen LogP contribution is -2.52. The summed E-state index contributed by atoms with van der Waals surface area (Å²) in [6.45, 7) is 5.41. The van der Waals surface area contributed by atoms with Crippen LogP contribution in [0.1, 0.15) is 32.8 Å². The van der Waals surface area contributed by atoms with Crippen LogP contribution in [-0.4, -0.2) is 58.5 Å². The minimum absolute atomic E-state index is 0.107. The fourth-order valence-corrected chi connectivity index (χ4v) is 6.37. The summed E-state index contributed by atoms with van der Waals surface area (Å²) in [5.41, 5.74) is 0.710. The Morgan fingerprint density at radius 3 is 2.09 bits per heavy atom. The van der Waals surface area contributed by atoms with Crippen molar-refractivity contribution in [3.63, 3.8) is 0 Å². The first-order valence-corrected chi connectivity index (χ1v) is 15.9. The van der Waals surface area contributed by atoms with Gasteiger partial charge in [0.05, 0.1) is 24.8 Å². The van der Waals surface area contributed by atoms with Crippen molar-refractivity contribution in [2.24, 2.45) is 5.92 Å². The van der Waals surface area contributed by atoms with E-state index in [-0.39, 0.29) is 41.1 Å². The molecular formula is C31H37Cl2N3O6S. The van der Waals surface area contributed by atoms with Crippen molar-refractivity contribution in [3.05, 3.63) is 82.3 Å². The molecule has 2 amide bonds. The zero-order valence-corrected chi connectivity index (χ0v) is 27.2. The number of carbonyl (C=O) groups excluding carboxylic acids is 2. The molecular weight excluding hydrogens is 613 g/mol. The highest BCUT2D eigenvalue weighted by atomic mass is 35.5. The number of hydrogen-bond donors (Lipinski definition) is 1. The second-order valence-corrected chi connectivity index (χ2v) is 12.8. The summed E-state index contributed by atoms with van der Waals surface area (Å²) in [6.07, 6.45) is 0.269. The van der Waals surface area contributed by atoms with E-state index in [1.54, 1.807) is 55.5 Å². The van der Waals surface area contributed by atoms with Crippen LogP contribution in [0.15, 0.2) is 71.6 Å². The number of nitrogens with one attached hydrogen (secondary N) is 1. The number of nitrogens with zero attached hydrogens (tertiary/aromatic N) is 2. The molecule has 0 unspecified atom stereocenters. The minimum Gasteiger partial charge on any atom is -0.493 e. The topological polar surface area (TPSA) is 105 Å². The summed E-state index contributed by atoms with van der Waals surface area (Å²) in [5, 5.41) is 3.53. The number of anilines is 1. The van der Waals surface area contributed by atoms with Gasteiger partial charge in [0.25, 0.3) is 10.0 Å². The molecule has 0 aromatic heterocycles. The summed E-state index contributed by atoms with van der Waals surface area (Å²) in [6, 6.07) is 16.5. The van der Waals surface area contributed by atoms with Gasteiger partial charge in [0.1, 0.15) is 12.6 Å². The van der Waals surface area contributed by atoms with Crippen LogP contribution in [0.3, 0.4) is 0 Å². The summed E-state index contributed by atoms with van der Waals surface area (Å²) in [5.74, 6) is -0.225. The molecule has 0 bridgehead atoms. The van der Waals surface area contributed by atoms with Crippen molar-refractivity contribution in [2.45, 2.75) is 44.7 Å². The maximum atomic E-state index is 14.2. The molecule has 0 saturated heterocycles. The van der Waals surface area contributed by atoms with Crippen LogP contribution in [0.2, 0.25) is 10.0 Å². The first-order chi connectivity index (χ1) is 20.4. The van der Waals surface area contributed by atoms with Crippen molar-refractivity contribution in [1.82, 2.24) is 10.2 Å². The Labute approximate surface area is 263 Å². The maximum absolute atomic E-state index is 14.2. The van der Waals surface area contributed by atoms with Crippen molar-refractivity contribution < 1.29 is 27.5 Å². The molecule has 0 spiro atoms. The molecule has 9 nitrogen and oxygen atoms in total. The molecule has 43 heavy (non-hydrogen) atoms. The third kappa shape index (κ3) is 8.34. The first-order valence-electron chi connectivity index (χ1n) is 13.7. The lowest BCUT2D eigenvalue weighted by molar-refractivity contribution is -0.140. The molecule has 1 atom stereocenters. The molecule has 3 aromatic carbocycles. The minimum atomic E-state index is -4.31. The van der Waals surface area contributed by atoms with Crippen LogP contribution in [0.25, 0.3) is 0 Å². The molecule has 0 aliphatic heterocycles. The van der Waals surface area contributed by atoms with Gasteiger partial charge in [-0.1, -0.05) is 68.2 Å². The summed E-state index contributed by atoms with van der Waals surface area (Å²) >= 11 is 12.9. The highest BCUT2D eigenvalue weighted by Crippen LogP contribution is 2.33. The monoisotopic (exact) mass is 649 g/mol. The van der Waals surface area contributed by atoms with Gasteiger partial charge in [0.2, 0.25) is 11.8 Å². The van der Waals surface area contributed by atoms with E-state index in [4.69, 9.17) is 32.7 Å². The Balaban J connectivity index is 2.10. The second-order valence-electron chi connectivity index (χ2n) is 10.1. The smallest absolute Gasteiger partial charge is 0.264 e. The number of hydrogen-bond acceptors (Lipinski definition) is 6. The van der Waals surface area contributed by atoms with E-state index in [1.165, 1.54) is 37.3 Å². The molecule has 12 heteroatoms. The van der Waals surface area contributed by atoms with Crippen molar-refractivity contribution in [1.29, 1.82) is 0 Å². The Morgan fingerprint density at radius 1 is 0.907 bits per heavy atom. The number of sulfonamides is 1. The lowest BCUT2D eigenvalue weighted by atomic mass is 10.1. The van der Waals surface area contributed by atoms with Gasteiger partial charge in [-0.3, -0.25) is 13.9 Å². The zero-order valence-electron chi connectivity index (χ0n) is 24.8. The SMILES string of the molecule is CC[C@H](C(=O)NCC(C)C)N(Cc1c(Cl)cccc1Cl)C(=O)CN(c1ccccc1)S(=O)(=O)c1ccc(OC)c(OC)c1. The summed E-state index contributed by atoms with van der Waals surface area (Å²) in [4.78, 5) is 28.8. The van der Waals surface area contributed by atoms with Crippen LogP contribution in [0.5, 0.6) is 11.5 Å². The van der Waals surface area contributed by atoms with E-state index < -0.39 is 28.5 Å². The van der Waals surface area contributed by atoms with Gasteiger partial charge in [0, 0.05) is 34.8 Å². The second kappa shape index (κ2) is 15.3. The normalized spacial score (nSPS) is 12.0. The third-order valence-corrected chi connectivity index (χ3v) is 9.20. The number of para-hydroxylation sites is 1. The molecule has 0 saturated carbocycles. The molecule has 0 radical (unpaired) electrons. The molecule has 0 aliphatic rings. The number of ether oxygens (including phenoxy) is 2. The summed E-state index contributed by atoms with van der Waals surface area (Å²) in [7, 11) is -1.46. The highest BCUT2D eigenvalue weighted by molar-refractivity contribution is 7.92. The van der Waals surface area contributed by atoms with Gasteiger partial charge in [-0.05, 0) is 48.7 Å². The Kier molecular flexibility index (Phi) is 12.1. The molecule has 3 aromatic rings. The largest absolute Gasteiger partial charge is 0.493 e. The molecule has 3 rings (SSSR count). The van der Waals surface area contributed by atoms with E-state index in [0.717, 1.165) is 4.31 Å². The predicted molar refractivity (Wildman–Crippen MR) is 169 cm³/mol. The van der Waals surface area contributed by atoms with Crippen LogP contribution in [0, 0.1) is 5.92 Å². The van der Waals surface area contributed by atoms with Gasteiger partial charge in [-0.2, -0.15) is 0 Å². The fraction of sp³-hybridized carbons (Fsp3) is 0.355. The highest BCUT2D eigenvalue weighted by Gasteiger charge is 2.34. The van der Waals surface area contributed by atoms with Crippen LogP contribution in [0.4, 0.5) is 5.69 Å². The van der Waals surface area contributed by atoms with Gasteiger partial charge >= 0.3 is 0 Å². The number of methoxy groups -OCH3 is 2. The number of carbonyl (C=O) groups is 2. The van der Waals surface area contributed by atoms with Gasteiger partial charge in [-0.25, -0.2) is 8.42 Å². The Hall–Kier alpha value is -3.47. The average molecular weight is 651 g/mol. The molecule has 232 valence electrons. The predicted octanol–water partition coefficient (Wildman–Crippen LogP) is 5.79. The van der Waals surface area contributed by atoms with Crippen LogP contribution >= 0.6 is 23.2 Å². The van der Waals surface area contributed by atoms with Crippen LogP contribution in [-0.2, 0) is 26.2 Å². The lowest BCUT2D eigenvalue weighted by Gasteiger charge is -2.33. The average Bonchev–Trinajstić information content (AvgIpc) is 2.99. The van der Waals surface area contributed by atoms with Crippen molar-refractivity contribution in [2.75, 3.05) is 31.6 Å². The fourth-order valence-electron chi connectivity index (χ4n) is 4.42. The number of benzene rings is 3. The van der Waals surface area contributed by atoms with E-state index in [1.807, 2.05) is 13.8 Å². The van der Waals surface area contributed by atoms with Crippen molar-refractivity contribution >= 4 is 50.7 Å². The van der Waals surface area contributed by atoms with E-state index in [2.05, 4.69) is 5.32 Å². The molecule has 1 N–H and O–H groups in total. The van der Waals surface area contributed by atoms with Gasteiger partial charge < -0.3 is 19.7 Å². The van der Waals surface area contributed by atoms with Crippen LogP contribution < -0.4 is 19.1 Å². The standard InChI is InChI=1S/C31H37Cl2N3O6S/c1-6-27(31(38)34-18-21(2)3)35(19-24-25(32)13-10-14-26(24)33)30(37)20-36(22-11-8-7-9-12-22)43(39,40)23-15-16-28(41-4)29(17-23)42-5/h7-17,21,27H,6,18-20H2,1-5H3,(H,34,38)/t27-/m1/s1. The molecule has 0 heterocycles. The maximum Gasteiger partial charge on any atom is 0.264 e. The van der Waals surface area contributed by atoms with Gasteiger partial charge in [-0.15, -0.1) is 0 Å².